The summed E-state index contributed by atoms with van der Waals surface area (Å²) in [5, 5.41) is 11.8. The van der Waals surface area contributed by atoms with Crippen LogP contribution < -0.4 is 11.1 Å². The third-order valence-corrected chi connectivity index (χ3v) is 2.75. The van der Waals surface area contributed by atoms with Crippen molar-refractivity contribution in [2.75, 3.05) is 5.32 Å². The molecule has 0 aromatic heterocycles. The van der Waals surface area contributed by atoms with Gasteiger partial charge in [0.1, 0.15) is 6.07 Å². The first kappa shape index (κ1) is 14.5. The van der Waals surface area contributed by atoms with Gasteiger partial charge in [0.15, 0.2) is 0 Å². The predicted molar refractivity (Wildman–Crippen MR) is 72.3 cm³/mol. The fourth-order valence-electron chi connectivity index (χ4n) is 1.49. The van der Waals surface area contributed by atoms with Gasteiger partial charge < -0.3 is 11.1 Å². The molecule has 4 nitrogen and oxygen atoms in total. The van der Waals surface area contributed by atoms with Crippen molar-refractivity contribution < 1.29 is 4.79 Å². The molecule has 18 heavy (non-hydrogen) atoms. The quantitative estimate of drug-likeness (QED) is 0.859. The maximum absolute atomic E-state index is 11.6. The molecule has 0 aliphatic rings. The fourth-order valence-corrected chi connectivity index (χ4v) is 1.71. The van der Waals surface area contributed by atoms with Crippen molar-refractivity contribution in [3.8, 4) is 6.07 Å². The lowest BCUT2D eigenvalue weighted by atomic mass is 10.1. The second-order valence-electron chi connectivity index (χ2n) is 4.22. The Labute approximate surface area is 112 Å². The molecular weight excluding hydrogens is 250 g/mol. The summed E-state index contributed by atoms with van der Waals surface area (Å²) in [5.41, 5.74) is 6.60. The average Bonchev–Trinajstić information content (AvgIpc) is 2.28. The summed E-state index contributed by atoms with van der Waals surface area (Å²) in [6, 6.07) is 6.89. The largest absolute Gasteiger partial charge is 0.328 e. The number of carbonyl (C=O) groups excluding carboxylic acids is 1. The number of benzene rings is 1. The minimum absolute atomic E-state index is 0.0728. The molecule has 96 valence electrons. The zero-order chi connectivity index (χ0) is 13.5. The summed E-state index contributed by atoms with van der Waals surface area (Å²) in [5.74, 6) is -0.0728. The number of nitriles is 1. The van der Waals surface area contributed by atoms with Gasteiger partial charge in [-0.2, -0.15) is 5.26 Å². The third kappa shape index (κ3) is 4.74. The summed E-state index contributed by atoms with van der Waals surface area (Å²) in [6.45, 7) is 1.91. The van der Waals surface area contributed by atoms with E-state index in [0.29, 0.717) is 22.7 Å². The maximum Gasteiger partial charge on any atom is 0.224 e. The van der Waals surface area contributed by atoms with Crippen LogP contribution in [0, 0.1) is 11.3 Å². The molecule has 0 bridgehead atoms. The van der Waals surface area contributed by atoms with Crippen molar-refractivity contribution in [1.82, 2.24) is 0 Å². The number of amides is 1. The molecule has 1 rings (SSSR count). The Kier molecular flexibility index (Phi) is 5.63. The highest BCUT2D eigenvalue weighted by atomic mass is 35.5. The molecule has 0 spiro atoms. The molecule has 0 saturated carbocycles. The van der Waals surface area contributed by atoms with E-state index in [1.807, 2.05) is 13.0 Å². The van der Waals surface area contributed by atoms with Crippen LogP contribution in [0.5, 0.6) is 0 Å². The number of carbonyl (C=O) groups is 1. The van der Waals surface area contributed by atoms with E-state index in [-0.39, 0.29) is 11.9 Å². The Morgan fingerprint density at radius 3 is 2.89 bits per heavy atom. The Morgan fingerprint density at radius 1 is 1.61 bits per heavy atom. The molecule has 1 aromatic rings. The van der Waals surface area contributed by atoms with E-state index in [1.54, 1.807) is 18.2 Å². The van der Waals surface area contributed by atoms with Gasteiger partial charge in [-0.05, 0) is 38.0 Å². The molecule has 3 N–H and O–H groups in total. The van der Waals surface area contributed by atoms with Crippen molar-refractivity contribution in [2.24, 2.45) is 5.73 Å². The Bertz CT molecular complexity index is 466. The predicted octanol–water partition coefficient (Wildman–Crippen LogP) is 2.67. The molecule has 0 fully saturated rings. The van der Waals surface area contributed by atoms with Gasteiger partial charge in [-0.3, -0.25) is 4.79 Å². The summed E-state index contributed by atoms with van der Waals surface area (Å²) < 4.78 is 0. The zero-order valence-corrected chi connectivity index (χ0v) is 11.0. The summed E-state index contributed by atoms with van der Waals surface area (Å²) >= 11 is 5.87. The summed E-state index contributed by atoms with van der Waals surface area (Å²) in [4.78, 5) is 11.6. The highest BCUT2D eigenvalue weighted by Gasteiger charge is 2.05. The molecule has 1 aromatic carbocycles. The number of nitrogens with two attached hydrogens (primary N) is 1. The molecule has 1 atom stereocenters. The van der Waals surface area contributed by atoms with Crippen molar-refractivity contribution in [3.63, 3.8) is 0 Å². The first-order valence-corrected chi connectivity index (χ1v) is 6.16. The van der Waals surface area contributed by atoms with Crippen LogP contribution in [0.2, 0.25) is 5.02 Å². The number of nitrogens with zero attached hydrogens (tertiary/aromatic N) is 1. The molecule has 1 unspecified atom stereocenters. The number of hydrogen-bond acceptors (Lipinski definition) is 3. The molecule has 0 heterocycles. The zero-order valence-electron chi connectivity index (χ0n) is 10.2. The van der Waals surface area contributed by atoms with Gasteiger partial charge in [-0.15, -0.1) is 0 Å². The van der Waals surface area contributed by atoms with Crippen LogP contribution in [-0.2, 0) is 4.79 Å². The molecule has 0 aliphatic carbocycles. The van der Waals surface area contributed by atoms with Crippen molar-refractivity contribution in [3.05, 3.63) is 28.8 Å². The van der Waals surface area contributed by atoms with Gasteiger partial charge in [0.05, 0.1) is 10.6 Å². The van der Waals surface area contributed by atoms with Gasteiger partial charge in [-0.1, -0.05) is 11.6 Å². The van der Waals surface area contributed by atoms with Crippen LogP contribution in [0.4, 0.5) is 5.69 Å². The van der Waals surface area contributed by atoms with Gasteiger partial charge >= 0.3 is 0 Å². The minimum Gasteiger partial charge on any atom is -0.328 e. The monoisotopic (exact) mass is 265 g/mol. The molecular formula is C13H16ClN3O. The van der Waals surface area contributed by atoms with E-state index in [2.05, 4.69) is 5.32 Å². The smallest absolute Gasteiger partial charge is 0.224 e. The van der Waals surface area contributed by atoms with Crippen LogP contribution in [0.15, 0.2) is 18.2 Å². The number of hydrogen-bond donors (Lipinski definition) is 2. The van der Waals surface area contributed by atoms with Crippen molar-refractivity contribution in [1.29, 1.82) is 5.26 Å². The van der Waals surface area contributed by atoms with E-state index in [4.69, 9.17) is 22.6 Å². The Balaban J connectivity index is 2.50. The molecule has 5 heteroatoms. The number of rotatable bonds is 5. The van der Waals surface area contributed by atoms with Crippen LogP contribution in [0.1, 0.15) is 31.7 Å². The Hall–Kier alpha value is -1.57. The molecule has 0 saturated heterocycles. The van der Waals surface area contributed by atoms with E-state index in [0.717, 1.165) is 12.8 Å². The van der Waals surface area contributed by atoms with Gasteiger partial charge in [0.2, 0.25) is 5.91 Å². The van der Waals surface area contributed by atoms with Crippen LogP contribution >= 0.6 is 11.6 Å². The van der Waals surface area contributed by atoms with E-state index in [9.17, 15) is 4.79 Å². The van der Waals surface area contributed by atoms with Gasteiger partial charge in [0.25, 0.3) is 0 Å². The summed E-state index contributed by atoms with van der Waals surface area (Å²) in [6.07, 6.45) is 2.01. The second-order valence-corrected chi connectivity index (χ2v) is 4.63. The molecule has 0 aliphatic heterocycles. The average molecular weight is 266 g/mol. The molecule has 0 radical (unpaired) electrons. The Morgan fingerprint density at radius 2 is 2.33 bits per heavy atom. The highest BCUT2D eigenvalue weighted by Crippen LogP contribution is 2.20. The van der Waals surface area contributed by atoms with Crippen molar-refractivity contribution >= 4 is 23.2 Å². The number of anilines is 1. The molecule has 1 amide bonds. The first-order chi connectivity index (χ1) is 8.52. The highest BCUT2D eigenvalue weighted by molar-refractivity contribution is 6.32. The van der Waals surface area contributed by atoms with Crippen LogP contribution in [-0.4, -0.2) is 11.9 Å². The maximum atomic E-state index is 11.6. The second kappa shape index (κ2) is 7.00. The lowest BCUT2D eigenvalue weighted by Gasteiger charge is -2.07. The van der Waals surface area contributed by atoms with Crippen LogP contribution in [0.25, 0.3) is 0 Å². The van der Waals surface area contributed by atoms with E-state index in [1.165, 1.54) is 0 Å². The fraction of sp³-hybridized carbons (Fsp3) is 0.385. The lowest BCUT2D eigenvalue weighted by molar-refractivity contribution is -0.116. The summed E-state index contributed by atoms with van der Waals surface area (Å²) in [7, 11) is 0. The number of halogens is 1. The van der Waals surface area contributed by atoms with Gasteiger partial charge in [-0.25, -0.2) is 0 Å². The SMILES string of the molecule is CC(N)CCCC(=O)Nc1ccc(C#N)c(Cl)c1. The third-order valence-electron chi connectivity index (χ3n) is 2.44. The lowest BCUT2D eigenvalue weighted by Crippen LogP contribution is -2.16. The number of nitrogens with one attached hydrogen (secondary N) is 1. The first-order valence-electron chi connectivity index (χ1n) is 5.78. The van der Waals surface area contributed by atoms with Crippen molar-refractivity contribution in [2.45, 2.75) is 32.2 Å². The van der Waals surface area contributed by atoms with Gasteiger partial charge in [0, 0.05) is 18.2 Å². The topological polar surface area (TPSA) is 78.9 Å². The van der Waals surface area contributed by atoms with E-state index >= 15 is 0 Å². The van der Waals surface area contributed by atoms with Crippen LogP contribution in [0.3, 0.4) is 0 Å². The standard InChI is InChI=1S/C13H16ClN3O/c1-9(16)3-2-4-13(18)17-11-6-5-10(8-15)12(14)7-11/h5-7,9H,2-4,16H2,1H3,(H,17,18). The van der Waals surface area contributed by atoms with E-state index < -0.39 is 0 Å². The minimum atomic E-state index is -0.0728. The normalized spacial score (nSPS) is 11.7.